The maximum Gasteiger partial charge on any atom is 0.358 e. The zero-order chi connectivity index (χ0) is 21.9. The van der Waals surface area contributed by atoms with E-state index in [4.69, 9.17) is 9.90 Å². The molecule has 0 aromatic carbocycles. The molecule has 11 heteroatoms. The van der Waals surface area contributed by atoms with Gasteiger partial charge in [0.05, 0.1) is 0 Å². The van der Waals surface area contributed by atoms with E-state index in [0.717, 1.165) is 18.7 Å². The van der Waals surface area contributed by atoms with Gasteiger partial charge in [-0.25, -0.2) is 19.7 Å². The van der Waals surface area contributed by atoms with Gasteiger partial charge in [-0.15, -0.1) is 0 Å². The highest BCUT2D eigenvalue weighted by molar-refractivity contribution is 5.91. The van der Waals surface area contributed by atoms with Crippen LogP contribution >= 0.6 is 0 Å². The number of hydrogen-bond donors (Lipinski definition) is 2. The van der Waals surface area contributed by atoms with Crippen molar-refractivity contribution in [3.8, 4) is 0 Å². The standard InChI is InChI=1S/C18H24N6O3.CH2O2/c1-2-14-19-7-11-22(14)10-4-15(25)23-8-3-9-24(13-12-23)17-16(18(26)27)20-5-6-21-17;2-1-3/h5-7,11H,2-4,8-10,12-13H2,1H3,(H,26,27);1H,(H,2,3). The molecular formula is C19H26N6O5. The number of imidazole rings is 1. The summed E-state index contributed by atoms with van der Waals surface area (Å²) in [5.41, 5.74) is -0.0514. The van der Waals surface area contributed by atoms with Crippen LogP contribution < -0.4 is 4.90 Å². The zero-order valence-corrected chi connectivity index (χ0v) is 16.8. The van der Waals surface area contributed by atoms with Crippen LogP contribution in [0, 0.1) is 0 Å². The average Bonchev–Trinajstić information content (AvgIpc) is 3.06. The minimum atomic E-state index is -1.10. The molecule has 1 aliphatic heterocycles. The molecule has 1 fully saturated rings. The van der Waals surface area contributed by atoms with Gasteiger partial charge in [0, 0.05) is 70.4 Å². The van der Waals surface area contributed by atoms with Gasteiger partial charge in [-0.05, 0) is 6.42 Å². The second-order valence-electron chi connectivity index (χ2n) is 6.50. The van der Waals surface area contributed by atoms with E-state index >= 15 is 0 Å². The lowest BCUT2D eigenvalue weighted by molar-refractivity contribution is -0.131. The van der Waals surface area contributed by atoms with E-state index in [0.29, 0.717) is 45.0 Å². The van der Waals surface area contributed by atoms with E-state index < -0.39 is 5.97 Å². The summed E-state index contributed by atoms with van der Waals surface area (Å²) in [7, 11) is 0. The Morgan fingerprint density at radius 1 is 1.10 bits per heavy atom. The third-order valence-electron chi connectivity index (χ3n) is 4.71. The van der Waals surface area contributed by atoms with Crippen LogP contribution in [-0.2, 0) is 22.6 Å². The summed E-state index contributed by atoms with van der Waals surface area (Å²) in [5, 5.41) is 16.2. The molecule has 0 unspecified atom stereocenters. The van der Waals surface area contributed by atoms with Gasteiger partial charge in [-0.3, -0.25) is 9.59 Å². The van der Waals surface area contributed by atoms with Crippen molar-refractivity contribution < 1.29 is 24.6 Å². The third-order valence-corrected chi connectivity index (χ3v) is 4.71. The molecule has 0 saturated carbocycles. The minimum Gasteiger partial charge on any atom is -0.483 e. The molecule has 1 aliphatic rings. The molecule has 3 heterocycles. The van der Waals surface area contributed by atoms with E-state index in [1.807, 2.05) is 27.5 Å². The van der Waals surface area contributed by atoms with Crippen LogP contribution in [0.1, 0.15) is 36.1 Å². The highest BCUT2D eigenvalue weighted by Crippen LogP contribution is 2.17. The van der Waals surface area contributed by atoms with Crippen molar-refractivity contribution >= 4 is 24.2 Å². The second-order valence-corrected chi connectivity index (χ2v) is 6.50. The predicted molar refractivity (Wildman–Crippen MR) is 107 cm³/mol. The van der Waals surface area contributed by atoms with Crippen LogP contribution in [0.5, 0.6) is 0 Å². The van der Waals surface area contributed by atoms with Crippen molar-refractivity contribution in [3.05, 3.63) is 36.3 Å². The first kappa shape index (κ1) is 22.8. The molecular weight excluding hydrogens is 392 g/mol. The second kappa shape index (κ2) is 11.5. The van der Waals surface area contributed by atoms with Gasteiger partial charge in [-0.1, -0.05) is 6.92 Å². The maximum absolute atomic E-state index is 12.6. The number of carbonyl (C=O) groups excluding carboxylic acids is 1. The molecule has 2 aromatic heterocycles. The number of carboxylic acids is 1. The number of nitrogens with zero attached hydrogens (tertiary/aromatic N) is 6. The highest BCUT2D eigenvalue weighted by atomic mass is 16.4. The Kier molecular flexibility index (Phi) is 8.73. The van der Waals surface area contributed by atoms with Crippen molar-refractivity contribution in [1.29, 1.82) is 0 Å². The predicted octanol–water partition coefficient (Wildman–Crippen LogP) is 0.764. The topological polar surface area (TPSA) is 142 Å². The lowest BCUT2D eigenvalue weighted by Gasteiger charge is -2.23. The summed E-state index contributed by atoms with van der Waals surface area (Å²) in [6, 6.07) is 0. The van der Waals surface area contributed by atoms with Gasteiger partial charge in [0.15, 0.2) is 11.5 Å². The van der Waals surface area contributed by atoms with Gasteiger partial charge < -0.3 is 24.6 Å². The smallest absolute Gasteiger partial charge is 0.358 e. The first-order chi connectivity index (χ1) is 14.5. The van der Waals surface area contributed by atoms with E-state index in [2.05, 4.69) is 15.0 Å². The van der Waals surface area contributed by atoms with Crippen LogP contribution in [-0.4, -0.2) is 79.2 Å². The number of carboxylic acid groups (broad SMARTS) is 2. The molecule has 11 nitrogen and oxygen atoms in total. The molecule has 3 rings (SSSR count). The number of carbonyl (C=O) groups is 3. The molecule has 30 heavy (non-hydrogen) atoms. The molecule has 1 amide bonds. The molecule has 0 radical (unpaired) electrons. The van der Waals surface area contributed by atoms with Crippen LogP contribution in [0.15, 0.2) is 24.8 Å². The first-order valence-corrected chi connectivity index (χ1v) is 9.66. The van der Waals surface area contributed by atoms with Crippen LogP contribution in [0.3, 0.4) is 0 Å². The quantitative estimate of drug-likeness (QED) is 0.650. The van der Waals surface area contributed by atoms with Crippen LogP contribution in [0.25, 0.3) is 0 Å². The van der Waals surface area contributed by atoms with E-state index in [9.17, 15) is 14.7 Å². The molecule has 2 N–H and O–H groups in total. The van der Waals surface area contributed by atoms with Crippen molar-refractivity contribution in [2.24, 2.45) is 0 Å². The van der Waals surface area contributed by atoms with Gasteiger partial charge in [0.25, 0.3) is 6.47 Å². The number of rotatable bonds is 6. The third kappa shape index (κ3) is 6.00. The Labute approximate surface area is 174 Å². The Balaban J connectivity index is 0.00000101. The largest absolute Gasteiger partial charge is 0.483 e. The summed E-state index contributed by atoms with van der Waals surface area (Å²) < 4.78 is 2.01. The first-order valence-electron chi connectivity index (χ1n) is 9.66. The fraction of sp³-hybridized carbons (Fsp3) is 0.474. The van der Waals surface area contributed by atoms with Gasteiger partial charge in [0.1, 0.15) is 5.82 Å². The molecule has 0 aliphatic carbocycles. The Hall–Kier alpha value is -3.50. The number of hydrogen-bond acceptors (Lipinski definition) is 7. The van der Waals surface area contributed by atoms with E-state index in [1.54, 1.807) is 6.20 Å². The van der Waals surface area contributed by atoms with Gasteiger partial charge in [0.2, 0.25) is 5.91 Å². The molecule has 0 bridgehead atoms. The van der Waals surface area contributed by atoms with Crippen molar-refractivity contribution in [1.82, 2.24) is 24.4 Å². The summed E-state index contributed by atoms with van der Waals surface area (Å²) in [6.07, 6.45) is 8.55. The van der Waals surface area contributed by atoms with E-state index in [-0.39, 0.29) is 18.1 Å². The van der Waals surface area contributed by atoms with Crippen molar-refractivity contribution in [2.75, 3.05) is 31.1 Å². The molecule has 0 atom stereocenters. The monoisotopic (exact) mass is 418 g/mol. The Morgan fingerprint density at radius 3 is 2.53 bits per heavy atom. The Bertz CT molecular complexity index is 855. The van der Waals surface area contributed by atoms with Crippen molar-refractivity contribution in [2.45, 2.75) is 32.7 Å². The lowest BCUT2D eigenvalue weighted by Crippen LogP contribution is -2.36. The van der Waals surface area contributed by atoms with E-state index in [1.165, 1.54) is 12.4 Å². The number of aryl methyl sites for hydroxylation is 2. The number of anilines is 1. The molecule has 0 spiro atoms. The summed E-state index contributed by atoms with van der Waals surface area (Å²) >= 11 is 0. The highest BCUT2D eigenvalue weighted by Gasteiger charge is 2.23. The average molecular weight is 418 g/mol. The number of aromatic nitrogens is 4. The normalized spacial score (nSPS) is 13.8. The molecule has 162 valence electrons. The lowest BCUT2D eigenvalue weighted by atomic mass is 10.3. The van der Waals surface area contributed by atoms with Crippen molar-refractivity contribution in [3.63, 3.8) is 0 Å². The Morgan fingerprint density at radius 2 is 1.83 bits per heavy atom. The SMILES string of the molecule is CCc1nccn1CCC(=O)N1CCCN(c2nccnc2C(=O)O)CC1.O=CO. The fourth-order valence-electron chi connectivity index (χ4n) is 3.32. The number of amides is 1. The van der Waals surface area contributed by atoms with Crippen LogP contribution in [0.4, 0.5) is 5.82 Å². The fourth-order valence-corrected chi connectivity index (χ4v) is 3.32. The molecule has 1 saturated heterocycles. The van der Waals surface area contributed by atoms with Gasteiger partial charge >= 0.3 is 5.97 Å². The summed E-state index contributed by atoms with van der Waals surface area (Å²) in [6.45, 7) is 4.79. The van der Waals surface area contributed by atoms with Gasteiger partial charge in [-0.2, -0.15) is 0 Å². The summed E-state index contributed by atoms with van der Waals surface area (Å²) in [5.74, 6) is 0.353. The number of aromatic carboxylic acids is 1. The maximum atomic E-state index is 12.6. The zero-order valence-electron chi connectivity index (χ0n) is 16.8. The molecule has 2 aromatic rings. The minimum absolute atomic E-state index is 0.0514. The van der Waals surface area contributed by atoms with Crippen LogP contribution in [0.2, 0.25) is 0 Å². The summed E-state index contributed by atoms with van der Waals surface area (Å²) in [4.78, 5) is 48.5.